The highest BCUT2D eigenvalue weighted by atomic mass is 16.4. The number of nitrogens with one attached hydrogen (secondary N) is 1. The second-order valence-corrected chi connectivity index (χ2v) is 3.96. The van der Waals surface area contributed by atoms with Crippen LogP contribution in [-0.2, 0) is 13.6 Å². The van der Waals surface area contributed by atoms with Crippen molar-refractivity contribution in [3.8, 4) is 0 Å². The molecule has 0 saturated heterocycles. The number of nitrogens with zero attached hydrogens (tertiary/aromatic N) is 3. The number of aromatic nitrogens is 3. The number of pyridine rings is 1. The molecule has 7 heteroatoms. The number of carbonyl (C=O) groups excluding carboxylic acids is 1. The van der Waals surface area contributed by atoms with E-state index in [1.54, 1.807) is 23.9 Å². The summed E-state index contributed by atoms with van der Waals surface area (Å²) in [4.78, 5) is 30.0. The Labute approximate surface area is 108 Å². The Hall–Kier alpha value is -2.70. The maximum absolute atomic E-state index is 11.7. The first-order chi connectivity index (χ1) is 9.06. The van der Waals surface area contributed by atoms with E-state index in [2.05, 4.69) is 15.3 Å². The average molecular weight is 260 g/mol. The Morgan fingerprint density at radius 2 is 2.11 bits per heavy atom. The number of rotatable bonds is 4. The molecule has 2 N–H and O–H groups in total. The zero-order valence-electron chi connectivity index (χ0n) is 10.2. The van der Waals surface area contributed by atoms with Crippen LogP contribution in [-0.4, -0.2) is 31.5 Å². The summed E-state index contributed by atoms with van der Waals surface area (Å²) in [5, 5.41) is 11.4. The molecule has 0 unspecified atom stereocenters. The van der Waals surface area contributed by atoms with Gasteiger partial charge in [0.15, 0.2) is 0 Å². The van der Waals surface area contributed by atoms with Gasteiger partial charge in [0.25, 0.3) is 5.91 Å². The molecule has 1 amide bonds. The van der Waals surface area contributed by atoms with Gasteiger partial charge in [-0.3, -0.25) is 4.79 Å². The number of aromatic carboxylic acids is 1. The molecule has 0 fully saturated rings. The van der Waals surface area contributed by atoms with Gasteiger partial charge in [-0.15, -0.1) is 0 Å². The third kappa shape index (κ3) is 3.15. The van der Waals surface area contributed by atoms with Gasteiger partial charge < -0.3 is 15.0 Å². The summed E-state index contributed by atoms with van der Waals surface area (Å²) in [5.41, 5.74) is 1.02. The van der Waals surface area contributed by atoms with Crippen molar-refractivity contribution in [1.29, 1.82) is 0 Å². The molecule has 0 spiro atoms. The summed E-state index contributed by atoms with van der Waals surface area (Å²) in [6, 6.07) is 3.00. The van der Waals surface area contributed by atoms with Gasteiger partial charge in [0.05, 0.1) is 6.33 Å². The summed E-state index contributed by atoms with van der Waals surface area (Å²) < 4.78 is 1.68. The molecule has 98 valence electrons. The third-order valence-corrected chi connectivity index (χ3v) is 2.43. The van der Waals surface area contributed by atoms with Crippen LogP contribution in [0.2, 0.25) is 0 Å². The molecule has 0 aliphatic heterocycles. The molecule has 0 bridgehead atoms. The van der Waals surface area contributed by atoms with Gasteiger partial charge in [-0.25, -0.2) is 14.8 Å². The minimum absolute atomic E-state index is 0.0280. The molecule has 19 heavy (non-hydrogen) atoms. The summed E-state index contributed by atoms with van der Waals surface area (Å²) >= 11 is 0. The predicted molar refractivity (Wildman–Crippen MR) is 65.6 cm³/mol. The van der Waals surface area contributed by atoms with Crippen molar-refractivity contribution in [2.45, 2.75) is 6.54 Å². The minimum atomic E-state index is -1.08. The lowest BCUT2D eigenvalue weighted by molar-refractivity contribution is 0.0690. The smallest absolute Gasteiger partial charge is 0.354 e. The summed E-state index contributed by atoms with van der Waals surface area (Å²) in [7, 11) is 1.78. The van der Waals surface area contributed by atoms with Gasteiger partial charge in [0.2, 0.25) is 0 Å². The van der Waals surface area contributed by atoms with Crippen LogP contribution in [0.15, 0.2) is 30.9 Å². The molecule has 7 nitrogen and oxygen atoms in total. The lowest BCUT2D eigenvalue weighted by atomic mass is 10.2. The molecule has 0 atom stereocenters. The van der Waals surface area contributed by atoms with Crippen molar-refractivity contribution in [2.24, 2.45) is 7.05 Å². The zero-order valence-corrected chi connectivity index (χ0v) is 10.2. The quantitative estimate of drug-likeness (QED) is 0.831. The first-order valence-electron chi connectivity index (χ1n) is 5.50. The van der Waals surface area contributed by atoms with Crippen LogP contribution in [0.3, 0.4) is 0 Å². The standard InChI is InChI=1S/C12H12N4O3/c1-16-6-10(15-7-16)11(17)14-5-8-2-3-9(12(18)19)13-4-8/h2-4,6-7H,5H2,1H3,(H,14,17)(H,18,19). The number of carbonyl (C=O) groups is 2. The van der Waals surface area contributed by atoms with E-state index in [4.69, 9.17) is 5.11 Å². The van der Waals surface area contributed by atoms with Gasteiger partial charge in [0, 0.05) is 26.0 Å². The van der Waals surface area contributed by atoms with Gasteiger partial charge >= 0.3 is 5.97 Å². The maximum Gasteiger partial charge on any atom is 0.354 e. The Morgan fingerprint density at radius 3 is 2.63 bits per heavy atom. The maximum atomic E-state index is 11.7. The molecule has 2 rings (SSSR count). The van der Waals surface area contributed by atoms with Gasteiger partial charge in [-0.2, -0.15) is 0 Å². The van der Waals surface area contributed by atoms with Crippen molar-refractivity contribution in [2.75, 3.05) is 0 Å². The predicted octanol–water partition coefficient (Wildman–Crippen LogP) is 0.443. The monoisotopic (exact) mass is 260 g/mol. The van der Waals surface area contributed by atoms with Crippen molar-refractivity contribution in [3.63, 3.8) is 0 Å². The summed E-state index contributed by atoms with van der Waals surface area (Å²) in [6.07, 6.45) is 4.57. The largest absolute Gasteiger partial charge is 0.477 e. The Bertz CT molecular complexity index is 604. The van der Waals surface area contributed by atoms with Crippen molar-refractivity contribution in [3.05, 3.63) is 47.8 Å². The molecule has 0 aromatic carbocycles. The van der Waals surface area contributed by atoms with E-state index in [-0.39, 0.29) is 18.1 Å². The second-order valence-electron chi connectivity index (χ2n) is 3.96. The second kappa shape index (κ2) is 5.30. The molecule has 2 aromatic rings. The highest BCUT2D eigenvalue weighted by molar-refractivity contribution is 5.92. The van der Waals surface area contributed by atoms with Crippen LogP contribution in [0.25, 0.3) is 0 Å². The highest BCUT2D eigenvalue weighted by Crippen LogP contribution is 2.01. The van der Waals surface area contributed by atoms with E-state index >= 15 is 0 Å². The number of imidazole rings is 1. The molecule has 0 aliphatic rings. The SMILES string of the molecule is Cn1cnc(C(=O)NCc2ccc(C(=O)O)nc2)c1. The van der Waals surface area contributed by atoms with E-state index in [0.717, 1.165) is 0 Å². The van der Waals surface area contributed by atoms with E-state index in [9.17, 15) is 9.59 Å². The average Bonchev–Trinajstić information content (AvgIpc) is 2.83. The summed E-state index contributed by atoms with van der Waals surface area (Å²) in [6.45, 7) is 0.266. The Balaban J connectivity index is 1.95. The number of hydrogen-bond donors (Lipinski definition) is 2. The third-order valence-electron chi connectivity index (χ3n) is 2.43. The fraction of sp³-hybridized carbons (Fsp3) is 0.167. The molecule has 2 heterocycles. The van der Waals surface area contributed by atoms with E-state index in [0.29, 0.717) is 11.3 Å². The number of carboxylic acids is 1. The topological polar surface area (TPSA) is 97.1 Å². The number of aryl methyl sites for hydroxylation is 1. The molecular formula is C12H12N4O3. The van der Waals surface area contributed by atoms with E-state index in [1.165, 1.54) is 18.6 Å². The number of hydrogen-bond acceptors (Lipinski definition) is 4. The van der Waals surface area contributed by atoms with Crippen LogP contribution in [0.4, 0.5) is 0 Å². The Kier molecular flexibility index (Phi) is 3.56. The lowest BCUT2D eigenvalue weighted by Gasteiger charge is -2.03. The lowest BCUT2D eigenvalue weighted by Crippen LogP contribution is -2.23. The van der Waals surface area contributed by atoms with E-state index < -0.39 is 5.97 Å². The Morgan fingerprint density at radius 1 is 1.32 bits per heavy atom. The normalized spacial score (nSPS) is 10.2. The van der Waals surface area contributed by atoms with Crippen LogP contribution in [0.5, 0.6) is 0 Å². The van der Waals surface area contributed by atoms with Gasteiger partial charge in [0.1, 0.15) is 11.4 Å². The van der Waals surface area contributed by atoms with E-state index in [1.807, 2.05) is 0 Å². The highest BCUT2D eigenvalue weighted by Gasteiger charge is 2.08. The van der Waals surface area contributed by atoms with Crippen LogP contribution < -0.4 is 5.32 Å². The zero-order chi connectivity index (χ0) is 13.8. The molecular weight excluding hydrogens is 248 g/mol. The van der Waals surface area contributed by atoms with Gasteiger partial charge in [-0.1, -0.05) is 6.07 Å². The molecule has 0 saturated carbocycles. The molecule has 0 radical (unpaired) electrons. The fourth-order valence-corrected chi connectivity index (χ4v) is 1.46. The first-order valence-corrected chi connectivity index (χ1v) is 5.50. The van der Waals surface area contributed by atoms with Crippen molar-refractivity contribution < 1.29 is 14.7 Å². The fourth-order valence-electron chi connectivity index (χ4n) is 1.46. The number of amides is 1. The molecule has 2 aromatic heterocycles. The van der Waals surface area contributed by atoms with Gasteiger partial charge in [-0.05, 0) is 11.6 Å². The minimum Gasteiger partial charge on any atom is -0.477 e. The number of carboxylic acid groups (broad SMARTS) is 1. The van der Waals surface area contributed by atoms with Crippen LogP contribution in [0.1, 0.15) is 26.5 Å². The summed E-state index contributed by atoms with van der Waals surface area (Å²) in [5.74, 6) is -1.37. The molecule has 0 aliphatic carbocycles. The van der Waals surface area contributed by atoms with Crippen LogP contribution in [0, 0.1) is 0 Å². The van der Waals surface area contributed by atoms with Crippen molar-refractivity contribution in [1.82, 2.24) is 19.9 Å². The van der Waals surface area contributed by atoms with Crippen molar-refractivity contribution >= 4 is 11.9 Å². The van der Waals surface area contributed by atoms with Crippen LogP contribution >= 0.6 is 0 Å². The first kappa shape index (κ1) is 12.7.